The van der Waals surface area contributed by atoms with E-state index in [1.54, 1.807) is 0 Å². The van der Waals surface area contributed by atoms with E-state index in [-0.39, 0.29) is 17.5 Å². The molecule has 0 aliphatic heterocycles. The first-order valence-corrected chi connectivity index (χ1v) is 7.97. The predicted molar refractivity (Wildman–Crippen MR) is 86.9 cm³/mol. The minimum Gasteiger partial charge on any atom is -0.485 e. The van der Waals surface area contributed by atoms with E-state index in [1.165, 1.54) is 32.0 Å². The van der Waals surface area contributed by atoms with Gasteiger partial charge < -0.3 is 4.74 Å². The van der Waals surface area contributed by atoms with E-state index in [0.717, 1.165) is 0 Å². The molecule has 2 rings (SSSR count). The molecule has 0 saturated heterocycles. The average molecular weight is 378 g/mol. The van der Waals surface area contributed by atoms with Gasteiger partial charge in [0.25, 0.3) is 0 Å². The lowest BCUT2D eigenvalue weighted by atomic mass is 10.0. The Kier molecular flexibility index (Phi) is 7.99. The number of benzene rings is 2. The summed E-state index contributed by atoms with van der Waals surface area (Å²) in [7, 11) is 0. The third-order valence-corrected chi connectivity index (χ3v) is 3.10. The standard InChI is InChI=1S/C10H12F2.C9H8F4O/c1-7(2)6-8-9(11)4-3-5-10(8)12;1-4(2)14-9-7(12)5(10)3-6(11)8(9)13/h3-5,7H,6H2,1-2H3;3-4H,1-2H3. The van der Waals surface area contributed by atoms with E-state index in [2.05, 4.69) is 4.74 Å². The van der Waals surface area contributed by atoms with Crippen LogP contribution in [0, 0.1) is 40.8 Å². The van der Waals surface area contributed by atoms with Crippen molar-refractivity contribution in [3.05, 3.63) is 64.7 Å². The van der Waals surface area contributed by atoms with E-state index >= 15 is 0 Å². The Hall–Kier alpha value is -2.18. The molecule has 7 heteroatoms. The minimum absolute atomic E-state index is 0.137. The van der Waals surface area contributed by atoms with Crippen molar-refractivity contribution < 1.29 is 31.1 Å². The number of halogens is 6. The molecule has 2 aromatic rings. The second kappa shape index (κ2) is 9.50. The van der Waals surface area contributed by atoms with E-state index in [0.29, 0.717) is 6.42 Å². The van der Waals surface area contributed by atoms with Crippen LogP contribution in [0.15, 0.2) is 24.3 Å². The molecule has 0 bridgehead atoms. The summed E-state index contributed by atoms with van der Waals surface area (Å²) >= 11 is 0. The van der Waals surface area contributed by atoms with Crippen LogP contribution in [-0.4, -0.2) is 6.10 Å². The van der Waals surface area contributed by atoms with Crippen molar-refractivity contribution in [2.75, 3.05) is 0 Å². The summed E-state index contributed by atoms with van der Waals surface area (Å²) in [5, 5.41) is 0. The molecule has 0 aromatic heterocycles. The normalized spacial score (nSPS) is 10.8. The topological polar surface area (TPSA) is 9.23 Å². The van der Waals surface area contributed by atoms with Gasteiger partial charge in [0.15, 0.2) is 17.4 Å². The van der Waals surface area contributed by atoms with Gasteiger partial charge in [-0.25, -0.2) is 17.6 Å². The van der Waals surface area contributed by atoms with E-state index in [4.69, 9.17) is 0 Å². The molecular formula is C19H20F6O. The summed E-state index contributed by atoms with van der Waals surface area (Å²) < 4.78 is 81.6. The molecule has 0 radical (unpaired) electrons. The summed E-state index contributed by atoms with van der Waals surface area (Å²) in [6.45, 7) is 6.85. The smallest absolute Gasteiger partial charge is 0.203 e. The number of hydrogen-bond donors (Lipinski definition) is 0. The highest BCUT2D eigenvalue weighted by Crippen LogP contribution is 2.27. The zero-order valence-corrected chi connectivity index (χ0v) is 14.8. The fourth-order valence-electron chi connectivity index (χ4n) is 2.03. The van der Waals surface area contributed by atoms with Gasteiger partial charge in [-0.15, -0.1) is 0 Å². The van der Waals surface area contributed by atoms with Crippen molar-refractivity contribution in [3.63, 3.8) is 0 Å². The molecule has 0 aliphatic carbocycles. The molecule has 1 nitrogen and oxygen atoms in total. The molecule has 0 saturated carbocycles. The highest BCUT2D eigenvalue weighted by molar-refractivity contribution is 5.28. The lowest BCUT2D eigenvalue weighted by Crippen LogP contribution is -2.10. The Morgan fingerprint density at radius 2 is 1.23 bits per heavy atom. The van der Waals surface area contributed by atoms with Gasteiger partial charge in [0, 0.05) is 11.6 Å². The Morgan fingerprint density at radius 1 is 0.769 bits per heavy atom. The number of ether oxygens (including phenoxy) is 1. The third kappa shape index (κ3) is 5.97. The molecule has 144 valence electrons. The summed E-state index contributed by atoms with van der Waals surface area (Å²) in [5.74, 6) is -7.60. The van der Waals surface area contributed by atoms with Gasteiger partial charge in [-0.3, -0.25) is 0 Å². The Balaban J connectivity index is 0.000000263. The molecule has 0 heterocycles. The van der Waals surface area contributed by atoms with Crippen LogP contribution < -0.4 is 4.74 Å². The van der Waals surface area contributed by atoms with Crippen molar-refractivity contribution in [2.45, 2.75) is 40.2 Å². The summed E-state index contributed by atoms with van der Waals surface area (Å²) in [6.07, 6.45) is -0.112. The zero-order chi connectivity index (χ0) is 20.0. The largest absolute Gasteiger partial charge is 0.485 e. The molecule has 0 atom stereocenters. The highest BCUT2D eigenvalue weighted by atomic mass is 19.2. The minimum atomic E-state index is -1.52. The van der Waals surface area contributed by atoms with Crippen molar-refractivity contribution >= 4 is 0 Å². The van der Waals surface area contributed by atoms with Gasteiger partial charge in [0.1, 0.15) is 11.6 Å². The molecule has 0 amide bonds. The average Bonchev–Trinajstić information content (AvgIpc) is 2.53. The van der Waals surface area contributed by atoms with Gasteiger partial charge in [-0.2, -0.15) is 8.78 Å². The first kappa shape index (κ1) is 21.9. The van der Waals surface area contributed by atoms with Crippen LogP contribution in [-0.2, 0) is 6.42 Å². The summed E-state index contributed by atoms with van der Waals surface area (Å²) in [4.78, 5) is 0. The number of rotatable bonds is 4. The lowest BCUT2D eigenvalue weighted by molar-refractivity contribution is 0.212. The molecule has 0 N–H and O–H groups in total. The fraction of sp³-hybridized carbons (Fsp3) is 0.368. The molecule has 26 heavy (non-hydrogen) atoms. The van der Waals surface area contributed by atoms with Crippen LogP contribution in [0.25, 0.3) is 0 Å². The maximum Gasteiger partial charge on any atom is 0.203 e. The Morgan fingerprint density at radius 3 is 1.62 bits per heavy atom. The van der Waals surface area contributed by atoms with Crippen LogP contribution in [0.3, 0.4) is 0 Å². The predicted octanol–water partition coefficient (Wildman–Crippen LogP) is 6.19. The van der Waals surface area contributed by atoms with Gasteiger partial charge in [0.2, 0.25) is 11.6 Å². The SMILES string of the molecule is CC(C)Cc1c(F)cccc1F.CC(C)Oc1c(F)c(F)cc(F)c1F. The van der Waals surface area contributed by atoms with Gasteiger partial charge in [0.05, 0.1) is 6.10 Å². The molecule has 0 fully saturated rings. The summed E-state index contributed by atoms with van der Waals surface area (Å²) in [6, 6.07) is 4.11. The molecule has 0 aliphatic rings. The second-order valence-corrected chi connectivity index (χ2v) is 6.26. The van der Waals surface area contributed by atoms with Gasteiger partial charge >= 0.3 is 0 Å². The van der Waals surface area contributed by atoms with E-state index < -0.39 is 46.8 Å². The van der Waals surface area contributed by atoms with Crippen molar-refractivity contribution in [1.82, 2.24) is 0 Å². The first-order chi connectivity index (χ1) is 12.0. The maximum absolute atomic E-state index is 13.0. The quantitative estimate of drug-likeness (QED) is 0.455. The monoisotopic (exact) mass is 378 g/mol. The van der Waals surface area contributed by atoms with Gasteiger partial charge in [-0.1, -0.05) is 19.9 Å². The molecule has 0 unspecified atom stereocenters. The van der Waals surface area contributed by atoms with Crippen LogP contribution >= 0.6 is 0 Å². The zero-order valence-electron chi connectivity index (χ0n) is 14.8. The first-order valence-electron chi connectivity index (χ1n) is 7.97. The third-order valence-electron chi connectivity index (χ3n) is 3.10. The molecule has 0 spiro atoms. The fourth-order valence-corrected chi connectivity index (χ4v) is 2.03. The van der Waals surface area contributed by atoms with Crippen molar-refractivity contribution in [1.29, 1.82) is 0 Å². The lowest BCUT2D eigenvalue weighted by Gasteiger charge is -2.11. The highest BCUT2D eigenvalue weighted by Gasteiger charge is 2.21. The van der Waals surface area contributed by atoms with E-state index in [1.807, 2.05) is 13.8 Å². The Bertz CT molecular complexity index is 697. The van der Waals surface area contributed by atoms with Crippen molar-refractivity contribution in [2.24, 2.45) is 5.92 Å². The summed E-state index contributed by atoms with van der Waals surface area (Å²) in [5.41, 5.74) is 0.201. The van der Waals surface area contributed by atoms with Crippen molar-refractivity contribution in [3.8, 4) is 5.75 Å². The van der Waals surface area contributed by atoms with E-state index in [9.17, 15) is 26.3 Å². The number of hydrogen-bond acceptors (Lipinski definition) is 1. The van der Waals surface area contributed by atoms with Crippen LogP contribution in [0.5, 0.6) is 5.75 Å². The van der Waals surface area contributed by atoms with Crippen LogP contribution in [0.4, 0.5) is 26.3 Å². The molecule has 2 aromatic carbocycles. The molecular weight excluding hydrogens is 358 g/mol. The second-order valence-electron chi connectivity index (χ2n) is 6.26. The van der Waals surface area contributed by atoms with Crippen LogP contribution in [0.2, 0.25) is 0 Å². The maximum atomic E-state index is 13.0. The van der Waals surface area contributed by atoms with Crippen LogP contribution in [0.1, 0.15) is 33.3 Å². The van der Waals surface area contributed by atoms with Gasteiger partial charge in [-0.05, 0) is 38.3 Å². The Labute approximate surface area is 148 Å².